The Bertz CT molecular complexity index is 1060. The molecule has 1 aliphatic heterocycles. The number of nitrogens with zero attached hydrogens (tertiary/aromatic N) is 1. The van der Waals surface area contributed by atoms with E-state index in [1.54, 1.807) is 17.5 Å². The minimum Gasteiger partial charge on any atom is -0.435 e. The van der Waals surface area contributed by atoms with Gasteiger partial charge in [0.2, 0.25) is 5.91 Å². The molecule has 4 amide bonds. The number of hydrogen-bond donors (Lipinski definition) is 2. The number of thiophene rings is 1. The molecule has 0 radical (unpaired) electrons. The minimum atomic E-state index is -2.94. The first-order chi connectivity index (χ1) is 15.7. The van der Waals surface area contributed by atoms with Crippen LogP contribution in [0.15, 0.2) is 46.7 Å². The van der Waals surface area contributed by atoms with Gasteiger partial charge < -0.3 is 15.4 Å². The van der Waals surface area contributed by atoms with Crippen molar-refractivity contribution in [1.29, 1.82) is 0 Å². The van der Waals surface area contributed by atoms with Crippen LogP contribution in [0.1, 0.15) is 22.2 Å². The highest BCUT2D eigenvalue weighted by Crippen LogP contribution is 2.32. The van der Waals surface area contributed by atoms with E-state index in [0.717, 1.165) is 16.7 Å². The molecule has 0 aliphatic carbocycles. The first kappa shape index (κ1) is 24.4. The molecule has 33 heavy (non-hydrogen) atoms. The molecule has 1 aliphatic rings. The summed E-state index contributed by atoms with van der Waals surface area (Å²) < 4.78 is 28.7. The first-order valence-electron chi connectivity index (χ1n) is 9.67. The zero-order valence-corrected chi connectivity index (χ0v) is 18.9. The Labute approximate surface area is 196 Å². The summed E-state index contributed by atoms with van der Waals surface area (Å²) in [7, 11) is 0. The van der Waals surface area contributed by atoms with Crippen LogP contribution in [0.5, 0.6) is 5.75 Å². The van der Waals surface area contributed by atoms with Crippen LogP contribution in [0.3, 0.4) is 0 Å². The number of carbonyl (C=O) groups excluding carboxylic acids is 4. The van der Waals surface area contributed by atoms with Crippen LogP contribution in [0.2, 0.25) is 0 Å². The number of benzene rings is 1. The number of ether oxygens (including phenoxy) is 1. The molecule has 2 aromatic rings. The van der Waals surface area contributed by atoms with Crippen LogP contribution in [0.25, 0.3) is 6.08 Å². The summed E-state index contributed by atoms with van der Waals surface area (Å²) in [5, 5.41) is 6.42. The average molecular weight is 496 g/mol. The third-order valence-corrected chi connectivity index (χ3v) is 6.17. The second kappa shape index (κ2) is 11.1. The number of thioether (sulfide) groups is 1. The highest BCUT2D eigenvalue weighted by atomic mass is 32.2. The number of rotatable bonds is 9. The van der Waals surface area contributed by atoms with Crippen molar-refractivity contribution in [2.75, 3.05) is 13.1 Å². The lowest BCUT2D eigenvalue weighted by atomic mass is 10.2. The van der Waals surface area contributed by atoms with E-state index in [9.17, 15) is 28.0 Å². The van der Waals surface area contributed by atoms with Gasteiger partial charge in [-0.1, -0.05) is 18.2 Å². The molecule has 0 bridgehead atoms. The van der Waals surface area contributed by atoms with Crippen molar-refractivity contribution in [1.82, 2.24) is 15.5 Å². The van der Waals surface area contributed by atoms with Crippen molar-refractivity contribution in [2.24, 2.45) is 0 Å². The number of amides is 4. The smallest absolute Gasteiger partial charge is 0.387 e. The third-order valence-electron chi connectivity index (χ3n) is 4.40. The second-order valence-electron chi connectivity index (χ2n) is 6.74. The van der Waals surface area contributed by atoms with E-state index in [-0.39, 0.29) is 29.7 Å². The van der Waals surface area contributed by atoms with Crippen LogP contribution in [0.4, 0.5) is 13.6 Å². The molecule has 12 heteroatoms. The molecule has 0 saturated carbocycles. The van der Waals surface area contributed by atoms with Gasteiger partial charge in [0.05, 0.1) is 9.78 Å². The number of carbonyl (C=O) groups is 4. The van der Waals surface area contributed by atoms with Gasteiger partial charge in [0.25, 0.3) is 17.1 Å². The molecule has 1 saturated heterocycles. The van der Waals surface area contributed by atoms with Crippen LogP contribution in [0, 0.1) is 0 Å². The second-order valence-corrected chi connectivity index (χ2v) is 8.69. The summed E-state index contributed by atoms with van der Waals surface area (Å²) in [4.78, 5) is 50.6. The van der Waals surface area contributed by atoms with Crippen molar-refractivity contribution in [3.63, 3.8) is 0 Å². The Kier molecular flexibility index (Phi) is 8.17. The monoisotopic (exact) mass is 495 g/mol. The summed E-state index contributed by atoms with van der Waals surface area (Å²) in [6, 6.07) is 8.20. The summed E-state index contributed by atoms with van der Waals surface area (Å²) in [6.45, 7) is -1.43. The molecule has 2 heterocycles. The maximum Gasteiger partial charge on any atom is 0.387 e. The van der Waals surface area contributed by atoms with Crippen molar-refractivity contribution < 1.29 is 32.7 Å². The van der Waals surface area contributed by atoms with Crippen molar-refractivity contribution in [3.8, 4) is 5.75 Å². The van der Waals surface area contributed by atoms with E-state index in [4.69, 9.17) is 0 Å². The van der Waals surface area contributed by atoms with Crippen molar-refractivity contribution in [3.05, 3.63) is 57.1 Å². The Morgan fingerprint density at radius 1 is 1.18 bits per heavy atom. The van der Waals surface area contributed by atoms with Gasteiger partial charge in [-0.15, -0.1) is 11.3 Å². The molecule has 1 atom stereocenters. The highest BCUT2D eigenvalue weighted by Gasteiger charge is 2.34. The van der Waals surface area contributed by atoms with Gasteiger partial charge in [-0.25, -0.2) is 0 Å². The normalized spacial score (nSPS) is 15.8. The Hall–Kier alpha value is -3.25. The number of hydrogen-bond acceptors (Lipinski definition) is 7. The molecule has 174 valence electrons. The zero-order chi connectivity index (χ0) is 24.0. The summed E-state index contributed by atoms with van der Waals surface area (Å²) in [5.74, 6) is -1.36. The molecule has 1 aromatic carbocycles. The molecular weight excluding hydrogens is 476 g/mol. The van der Waals surface area contributed by atoms with Crippen LogP contribution >= 0.6 is 23.1 Å². The van der Waals surface area contributed by atoms with E-state index in [1.165, 1.54) is 48.6 Å². The lowest BCUT2D eigenvalue weighted by molar-refractivity contribution is -0.124. The fraction of sp³-hybridized carbons (Fsp3) is 0.238. The fourth-order valence-corrected chi connectivity index (χ4v) is 4.27. The maximum absolute atomic E-state index is 12.5. The topological polar surface area (TPSA) is 105 Å². The maximum atomic E-state index is 12.5. The SMILES string of the molecule is CC(NC(=O)c1cccs1)C(=O)NCCN1C(=O)S/C(=C\c2ccc(OC(F)F)cc2)C1=O. The largest absolute Gasteiger partial charge is 0.435 e. The number of nitrogens with one attached hydrogen (secondary N) is 2. The van der Waals surface area contributed by atoms with Crippen molar-refractivity contribution >= 4 is 52.1 Å². The predicted molar refractivity (Wildman–Crippen MR) is 120 cm³/mol. The van der Waals surface area contributed by atoms with Gasteiger partial charge >= 0.3 is 6.61 Å². The lowest BCUT2D eigenvalue weighted by Crippen LogP contribution is -2.46. The highest BCUT2D eigenvalue weighted by molar-refractivity contribution is 8.18. The van der Waals surface area contributed by atoms with Gasteiger partial charge in [-0.3, -0.25) is 24.1 Å². The van der Waals surface area contributed by atoms with Crippen molar-refractivity contribution in [2.45, 2.75) is 19.6 Å². The van der Waals surface area contributed by atoms with E-state index in [1.807, 2.05) is 0 Å². The average Bonchev–Trinajstić information content (AvgIpc) is 3.39. The summed E-state index contributed by atoms with van der Waals surface area (Å²) >= 11 is 2.00. The molecule has 1 fully saturated rings. The van der Waals surface area contributed by atoms with Gasteiger partial charge in [-0.05, 0) is 53.9 Å². The Morgan fingerprint density at radius 3 is 2.55 bits per heavy atom. The van der Waals surface area contributed by atoms with Crippen LogP contribution in [-0.2, 0) is 9.59 Å². The van der Waals surface area contributed by atoms with Gasteiger partial charge in [0, 0.05) is 13.1 Å². The summed E-state index contributed by atoms with van der Waals surface area (Å²) in [6.07, 6.45) is 1.47. The van der Waals surface area contributed by atoms with Crippen LogP contribution < -0.4 is 15.4 Å². The lowest BCUT2D eigenvalue weighted by Gasteiger charge is -2.16. The standard InChI is InChI=1S/C21H19F2N3O5S2/c1-12(25-18(28)15-3-2-10-32-15)17(27)24-8-9-26-19(29)16(33-21(26)30)11-13-4-6-14(7-5-13)31-20(22)23/h2-7,10-12,20H,8-9H2,1H3,(H,24,27)(H,25,28)/b16-11-. The number of imide groups is 1. The molecule has 3 rings (SSSR count). The van der Waals surface area contributed by atoms with Gasteiger partial charge in [0.1, 0.15) is 11.8 Å². The Morgan fingerprint density at radius 2 is 1.91 bits per heavy atom. The van der Waals surface area contributed by atoms with E-state index < -0.39 is 29.7 Å². The third kappa shape index (κ3) is 6.62. The predicted octanol–water partition coefficient (Wildman–Crippen LogP) is 3.32. The van der Waals surface area contributed by atoms with Gasteiger partial charge in [0.15, 0.2) is 0 Å². The molecule has 1 unspecified atom stereocenters. The van der Waals surface area contributed by atoms with Gasteiger partial charge in [-0.2, -0.15) is 8.78 Å². The van der Waals surface area contributed by atoms with Crippen LogP contribution in [-0.4, -0.2) is 53.6 Å². The Balaban J connectivity index is 1.50. The zero-order valence-electron chi connectivity index (χ0n) is 17.2. The fourth-order valence-electron chi connectivity index (χ4n) is 2.77. The van der Waals surface area contributed by atoms with E-state index in [0.29, 0.717) is 10.4 Å². The number of alkyl halides is 2. The molecule has 0 spiro atoms. The summed E-state index contributed by atoms with van der Waals surface area (Å²) in [5.41, 5.74) is 0.533. The molecular formula is C21H19F2N3O5S2. The molecule has 8 nitrogen and oxygen atoms in total. The number of halogens is 2. The minimum absolute atomic E-state index is 0.0169. The van der Waals surface area contributed by atoms with E-state index >= 15 is 0 Å². The quantitative estimate of drug-likeness (QED) is 0.517. The molecule has 2 N–H and O–H groups in total. The van der Waals surface area contributed by atoms with E-state index in [2.05, 4.69) is 15.4 Å². The molecule has 1 aromatic heterocycles. The first-order valence-corrected chi connectivity index (χ1v) is 11.4.